The molecule has 0 bridgehead atoms. The lowest BCUT2D eigenvalue weighted by molar-refractivity contribution is 0.0746. The highest BCUT2D eigenvalue weighted by molar-refractivity contribution is 5.92. The summed E-state index contributed by atoms with van der Waals surface area (Å²) in [4.78, 5) is 23.0. The molecular weight excluding hydrogens is 288 g/mol. The summed E-state index contributed by atoms with van der Waals surface area (Å²) < 4.78 is 0. The van der Waals surface area contributed by atoms with E-state index in [9.17, 15) is 4.79 Å². The number of hydrogen-bond donors (Lipinski definition) is 1. The van der Waals surface area contributed by atoms with Crippen LogP contribution in [-0.2, 0) is 6.54 Å². The maximum Gasteiger partial charge on any atom is 0.272 e. The van der Waals surface area contributed by atoms with Crippen molar-refractivity contribution < 1.29 is 4.79 Å². The first-order valence-corrected chi connectivity index (χ1v) is 7.83. The predicted molar refractivity (Wildman–Crippen MR) is 92.3 cm³/mol. The van der Waals surface area contributed by atoms with Gasteiger partial charge in [0.05, 0.1) is 0 Å². The molecule has 0 aliphatic heterocycles. The highest BCUT2D eigenvalue weighted by Crippen LogP contribution is 2.12. The summed E-state index contributed by atoms with van der Waals surface area (Å²) in [5.41, 5.74) is 1.35. The number of carbonyl (C=O) groups excluding carboxylic acids is 1. The molecule has 5 nitrogen and oxygen atoms in total. The van der Waals surface area contributed by atoms with Gasteiger partial charge in [0.2, 0.25) is 5.95 Å². The van der Waals surface area contributed by atoms with Gasteiger partial charge in [0, 0.05) is 24.8 Å². The van der Waals surface area contributed by atoms with Gasteiger partial charge in [-0.3, -0.25) is 4.79 Å². The largest absolute Gasteiger partial charge is 0.350 e. The van der Waals surface area contributed by atoms with E-state index in [2.05, 4.69) is 15.3 Å². The lowest BCUT2D eigenvalue weighted by Crippen LogP contribution is -2.32. The number of hydrogen-bond acceptors (Lipinski definition) is 4. The van der Waals surface area contributed by atoms with Crippen molar-refractivity contribution in [3.05, 3.63) is 53.9 Å². The number of amides is 1. The average molecular weight is 312 g/mol. The highest BCUT2D eigenvalue weighted by Gasteiger charge is 2.18. The normalized spacial score (nSPS) is 11.1. The molecule has 0 saturated heterocycles. The van der Waals surface area contributed by atoms with E-state index < -0.39 is 0 Å². The fourth-order valence-electron chi connectivity index (χ4n) is 2.17. The summed E-state index contributed by atoms with van der Waals surface area (Å²) >= 11 is 0. The van der Waals surface area contributed by atoms with Gasteiger partial charge in [0.25, 0.3) is 5.91 Å². The van der Waals surface area contributed by atoms with Gasteiger partial charge in [-0.25, -0.2) is 9.97 Å². The summed E-state index contributed by atoms with van der Waals surface area (Å²) in [7, 11) is 0. The molecule has 0 fully saturated rings. The molecule has 1 heterocycles. The van der Waals surface area contributed by atoms with Gasteiger partial charge < -0.3 is 10.2 Å². The van der Waals surface area contributed by atoms with Crippen LogP contribution in [0.2, 0.25) is 0 Å². The van der Waals surface area contributed by atoms with Gasteiger partial charge in [0.15, 0.2) is 0 Å². The smallest absolute Gasteiger partial charge is 0.272 e. The van der Waals surface area contributed by atoms with Crippen LogP contribution < -0.4 is 5.32 Å². The monoisotopic (exact) mass is 312 g/mol. The van der Waals surface area contributed by atoms with E-state index in [0.29, 0.717) is 24.7 Å². The van der Waals surface area contributed by atoms with Crippen molar-refractivity contribution in [1.29, 1.82) is 0 Å². The Morgan fingerprint density at radius 2 is 1.87 bits per heavy atom. The Kier molecular flexibility index (Phi) is 5.32. The first-order valence-electron chi connectivity index (χ1n) is 7.83. The standard InChI is InChI=1S/C18H24N4O/c1-5-22(13-14-9-7-6-8-10-14)16(23)15-11-12-19-17(20-15)21-18(2,3)4/h6-12H,5,13H2,1-4H3,(H,19,20,21). The van der Waals surface area contributed by atoms with Gasteiger partial charge in [-0.15, -0.1) is 0 Å². The Hall–Kier alpha value is -2.43. The molecule has 5 heteroatoms. The molecule has 0 spiro atoms. The number of anilines is 1. The van der Waals surface area contributed by atoms with Crippen molar-refractivity contribution in [2.75, 3.05) is 11.9 Å². The molecular formula is C18H24N4O. The van der Waals surface area contributed by atoms with Crippen LogP contribution in [0.3, 0.4) is 0 Å². The molecule has 0 aliphatic rings. The molecule has 0 unspecified atom stereocenters. The second-order valence-corrected chi connectivity index (χ2v) is 6.45. The molecule has 1 N–H and O–H groups in total. The minimum absolute atomic E-state index is 0.0873. The van der Waals surface area contributed by atoms with Crippen LogP contribution in [0.5, 0.6) is 0 Å². The Bertz CT molecular complexity index is 650. The zero-order chi connectivity index (χ0) is 16.9. The fourth-order valence-corrected chi connectivity index (χ4v) is 2.17. The van der Waals surface area contributed by atoms with E-state index in [0.717, 1.165) is 5.56 Å². The molecule has 23 heavy (non-hydrogen) atoms. The quantitative estimate of drug-likeness (QED) is 0.920. The second kappa shape index (κ2) is 7.22. The molecule has 1 aromatic heterocycles. The number of nitrogens with one attached hydrogen (secondary N) is 1. The van der Waals surface area contributed by atoms with E-state index in [4.69, 9.17) is 0 Å². The van der Waals surface area contributed by atoms with Crippen LogP contribution >= 0.6 is 0 Å². The predicted octanol–water partition coefficient (Wildman–Crippen LogP) is 3.35. The summed E-state index contributed by atoms with van der Waals surface area (Å²) in [6.07, 6.45) is 1.62. The summed E-state index contributed by atoms with van der Waals surface area (Å²) in [5, 5.41) is 3.19. The van der Waals surface area contributed by atoms with Gasteiger partial charge in [-0.05, 0) is 39.3 Å². The topological polar surface area (TPSA) is 58.1 Å². The van der Waals surface area contributed by atoms with Crippen LogP contribution in [0.4, 0.5) is 5.95 Å². The van der Waals surface area contributed by atoms with Crippen molar-refractivity contribution in [3.8, 4) is 0 Å². The Morgan fingerprint density at radius 1 is 1.17 bits per heavy atom. The molecule has 122 valence electrons. The van der Waals surface area contributed by atoms with Gasteiger partial charge in [-0.2, -0.15) is 0 Å². The molecule has 0 saturated carbocycles. The van der Waals surface area contributed by atoms with Crippen LogP contribution in [0.15, 0.2) is 42.6 Å². The lowest BCUT2D eigenvalue weighted by Gasteiger charge is -2.22. The molecule has 2 aromatic rings. The van der Waals surface area contributed by atoms with Gasteiger partial charge in [0.1, 0.15) is 5.69 Å². The molecule has 1 aromatic carbocycles. The Morgan fingerprint density at radius 3 is 2.48 bits per heavy atom. The number of rotatable bonds is 5. The third kappa shape index (κ3) is 5.06. The molecule has 0 radical (unpaired) electrons. The first kappa shape index (κ1) is 16.9. The Balaban J connectivity index is 2.16. The van der Waals surface area contributed by atoms with Crippen molar-refractivity contribution in [3.63, 3.8) is 0 Å². The average Bonchev–Trinajstić information content (AvgIpc) is 2.51. The number of nitrogens with zero attached hydrogens (tertiary/aromatic N) is 3. The van der Waals surface area contributed by atoms with Crippen LogP contribution in [0, 0.1) is 0 Å². The van der Waals surface area contributed by atoms with E-state index in [1.807, 2.05) is 58.0 Å². The van der Waals surface area contributed by atoms with Crippen molar-refractivity contribution in [1.82, 2.24) is 14.9 Å². The van der Waals surface area contributed by atoms with Gasteiger partial charge in [-0.1, -0.05) is 30.3 Å². The van der Waals surface area contributed by atoms with Gasteiger partial charge >= 0.3 is 0 Å². The third-order valence-corrected chi connectivity index (χ3v) is 3.25. The number of carbonyl (C=O) groups is 1. The first-order chi connectivity index (χ1) is 10.9. The Labute approximate surface area is 137 Å². The fraction of sp³-hybridized carbons (Fsp3) is 0.389. The summed E-state index contributed by atoms with van der Waals surface area (Å²) in [6, 6.07) is 11.6. The number of aromatic nitrogens is 2. The zero-order valence-electron chi connectivity index (χ0n) is 14.2. The maximum absolute atomic E-state index is 12.7. The lowest BCUT2D eigenvalue weighted by atomic mass is 10.1. The maximum atomic E-state index is 12.7. The summed E-state index contributed by atoms with van der Waals surface area (Å²) in [5.74, 6) is 0.384. The zero-order valence-corrected chi connectivity index (χ0v) is 14.2. The van der Waals surface area contributed by atoms with E-state index in [-0.39, 0.29) is 11.4 Å². The number of benzene rings is 1. The molecule has 2 rings (SSSR count). The second-order valence-electron chi connectivity index (χ2n) is 6.45. The van der Waals surface area contributed by atoms with E-state index in [1.54, 1.807) is 17.2 Å². The minimum atomic E-state index is -0.157. The van der Waals surface area contributed by atoms with Crippen molar-refractivity contribution in [2.45, 2.75) is 39.8 Å². The SMILES string of the molecule is CCN(Cc1ccccc1)C(=O)c1ccnc(NC(C)(C)C)n1. The van der Waals surface area contributed by atoms with Crippen LogP contribution in [0.1, 0.15) is 43.7 Å². The van der Waals surface area contributed by atoms with E-state index in [1.165, 1.54) is 0 Å². The van der Waals surface area contributed by atoms with E-state index >= 15 is 0 Å². The van der Waals surface area contributed by atoms with Crippen molar-refractivity contribution in [2.24, 2.45) is 0 Å². The third-order valence-electron chi connectivity index (χ3n) is 3.25. The minimum Gasteiger partial charge on any atom is -0.350 e. The van der Waals surface area contributed by atoms with Crippen LogP contribution in [0.25, 0.3) is 0 Å². The highest BCUT2D eigenvalue weighted by atomic mass is 16.2. The summed E-state index contributed by atoms with van der Waals surface area (Å²) in [6.45, 7) is 9.24. The molecule has 0 atom stereocenters. The molecule has 1 amide bonds. The van der Waals surface area contributed by atoms with Crippen LogP contribution in [-0.4, -0.2) is 32.9 Å². The van der Waals surface area contributed by atoms with Crippen molar-refractivity contribution >= 4 is 11.9 Å². The molecule has 0 aliphatic carbocycles.